The number of carbonyl (C=O) groups excluding carboxylic acids is 1. The van der Waals surface area contributed by atoms with Gasteiger partial charge in [-0.15, -0.1) is 10.2 Å². The van der Waals surface area contributed by atoms with Crippen molar-refractivity contribution in [3.05, 3.63) is 48.3 Å². The van der Waals surface area contributed by atoms with Crippen molar-refractivity contribution in [2.24, 2.45) is 0 Å². The first-order chi connectivity index (χ1) is 16.9. The topological polar surface area (TPSA) is 117 Å². The van der Waals surface area contributed by atoms with E-state index in [0.29, 0.717) is 55.1 Å². The van der Waals surface area contributed by atoms with Crippen molar-refractivity contribution >= 4 is 27.6 Å². The van der Waals surface area contributed by atoms with Gasteiger partial charge in [0.15, 0.2) is 11.0 Å². The number of aromatic nitrogens is 4. The highest BCUT2D eigenvalue weighted by atomic mass is 32.2. The van der Waals surface area contributed by atoms with Crippen LogP contribution >= 0.6 is 11.8 Å². The zero-order valence-electron chi connectivity index (χ0n) is 19.6. The van der Waals surface area contributed by atoms with Crippen molar-refractivity contribution in [2.45, 2.75) is 29.9 Å². The smallest absolute Gasteiger partial charge is 0.243 e. The average Bonchev–Trinajstić information content (AvgIpc) is 3.31. The van der Waals surface area contributed by atoms with E-state index in [1.807, 2.05) is 23.6 Å². The van der Waals surface area contributed by atoms with E-state index in [2.05, 4.69) is 15.2 Å². The van der Waals surface area contributed by atoms with E-state index in [4.69, 9.17) is 9.47 Å². The number of nitrogens with zero attached hydrogens (tertiary/aromatic N) is 5. The first-order valence-electron chi connectivity index (χ1n) is 11.2. The van der Waals surface area contributed by atoms with Crippen LogP contribution in [0, 0.1) is 0 Å². The molecule has 4 rings (SSSR count). The lowest BCUT2D eigenvalue weighted by atomic mass is 10.1. The standard InChI is InChI=1S/C23H27N5O5S2/c1-3-28-22(17-6-8-24-9-7-17)25-26-23(28)34-16-19(29)14-18-15-20(4-5-21(18)32-2)35(30,31)27-10-12-33-13-11-27/h4-9,15H,3,10-14,16H2,1-2H3. The summed E-state index contributed by atoms with van der Waals surface area (Å²) in [5, 5.41) is 9.18. The molecule has 3 aromatic rings. The molecular weight excluding hydrogens is 490 g/mol. The van der Waals surface area contributed by atoms with Gasteiger partial charge in [0.05, 0.1) is 31.0 Å². The molecule has 2 aromatic heterocycles. The van der Waals surface area contributed by atoms with Crippen molar-refractivity contribution in [3.8, 4) is 17.1 Å². The number of methoxy groups -OCH3 is 1. The van der Waals surface area contributed by atoms with E-state index < -0.39 is 10.0 Å². The second kappa shape index (κ2) is 11.3. The summed E-state index contributed by atoms with van der Waals surface area (Å²) in [5.41, 5.74) is 1.43. The predicted octanol–water partition coefficient (Wildman–Crippen LogP) is 2.29. The summed E-state index contributed by atoms with van der Waals surface area (Å²) >= 11 is 1.30. The molecule has 0 amide bonds. The van der Waals surface area contributed by atoms with E-state index >= 15 is 0 Å². The number of pyridine rings is 1. The van der Waals surface area contributed by atoms with Crippen molar-refractivity contribution in [1.29, 1.82) is 0 Å². The Morgan fingerprint density at radius 3 is 2.57 bits per heavy atom. The Kier molecular flexibility index (Phi) is 8.16. The molecule has 3 heterocycles. The largest absolute Gasteiger partial charge is 0.496 e. The first-order valence-corrected chi connectivity index (χ1v) is 13.6. The van der Waals surface area contributed by atoms with Gasteiger partial charge in [0, 0.05) is 49.6 Å². The Hall–Kier alpha value is -2.80. The summed E-state index contributed by atoms with van der Waals surface area (Å²) in [4.78, 5) is 17.0. The first kappa shape index (κ1) is 25.3. The number of thioether (sulfide) groups is 1. The third-order valence-electron chi connectivity index (χ3n) is 5.58. The van der Waals surface area contributed by atoms with E-state index in [1.54, 1.807) is 18.5 Å². The highest BCUT2D eigenvalue weighted by molar-refractivity contribution is 7.99. The molecule has 12 heteroatoms. The summed E-state index contributed by atoms with van der Waals surface area (Å²) in [7, 11) is -2.18. The van der Waals surface area contributed by atoms with Crippen LogP contribution < -0.4 is 4.74 Å². The number of Topliss-reactive ketones (excluding diaryl/α,β-unsaturated/α-hetero) is 1. The summed E-state index contributed by atoms with van der Waals surface area (Å²) in [6.45, 7) is 3.98. The van der Waals surface area contributed by atoms with Crippen LogP contribution in [-0.4, -0.2) is 77.4 Å². The van der Waals surface area contributed by atoms with E-state index in [1.165, 1.54) is 35.3 Å². The molecule has 0 bridgehead atoms. The molecule has 1 aliphatic rings. The minimum Gasteiger partial charge on any atom is -0.496 e. The molecule has 0 unspecified atom stereocenters. The molecule has 10 nitrogen and oxygen atoms in total. The van der Waals surface area contributed by atoms with Crippen molar-refractivity contribution in [1.82, 2.24) is 24.1 Å². The third-order valence-corrected chi connectivity index (χ3v) is 8.50. The van der Waals surface area contributed by atoms with Crippen LogP contribution in [-0.2, 0) is 32.5 Å². The number of hydrogen-bond acceptors (Lipinski definition) is 9. The molecule has 0 N–H and O–H groups in total. The van der Waals surface area contributed by atoms with Crippen LogP contribution in [0.3, 0.4) is 0 Å². The van der Waals surface area contributed by atoms with Gasteiger partial charge in [-0.2, -0.15) is 4.31 Å². The molecule has 0 saturated carbocycles. The van der Waals surface area contributed by atoms with Gasteiger partial charge in [0.25, 0.3) is 0 Å². The molecule has 1 saturated heterocycles. The third kappa shape index (κ3) is 5.72. The summed E-state index contributed by atoms with van der Waals surface area (Å²) in [5.74, 6) is 1.27. The van der Waals surface area contributed by atoms with Crippen molar-refractivity contribution in [2.75, 3.05) is 39.2 Å². The predicted molar refractivity (Wildman–Crippen MR) is 131 cm³/mol. The fraction of sp³-hybridized carbons (Fsp3) is 0.391. The Labute approximate surface area is 208 Å². The van der Waals surface area contributed by atoms with Gasteiger partial charge < -0.3 is 14.0 Å². The molecular formula is C23H27N5O5S2. The Balaban J connectivity index is 1.47. The lowest BCUT2D eigenvalue weighted by Crippen LogP contribution is -2.40. The number of hydrogen-bond donors (Lipinski definition) is 0. The molecule has 0 radical (unpaired) electrons. The fourth-order valence-corrected chi connectivity index (χ4v) is 6.11. The van der Waals surface area contributed by atoms with Gasteiger partial charge >= 0.3 is 0 Å². The van der Waals surface area contributed by atoms with Crippen LogP contribution in [0.1, 0.15) is 12.5 Å². The number of benzene rings is 1. The molecule has 35 heavy (non-hydrogen) atoms. The van der Waals surface area contributed by atoms with E-state index in [9.17, 15) is 13.2 Å². The maximum absolute atomic E-state index is 13.0. The average molecular weight is 518 g/mol. The van der Waals surface area contributed by atoms with Gasteiger partial charge in [-0.1, -0.05) is 11.8 Å². The van der Waals surface area contributed by atoms with Crippen LogP contribution in [0.15, 0.2) is 52.8 Å². The highest BCUT2D eigenvalue weighted by Crippen LogP contribution is 2.27. The number of rotatable bonds is 10. The molecule has 0 aliphatic carbocycles. The maximum atomic E-state index is 13.0. The summed E-state index contributed by atoms with van der Waals surface area (Å²) < 4.78 is 40.1. The second-order valence-electron chi connectivity index (χ2n) is 7.78. The SMILES string of the molecule is CCn1c(SCC(=O)Cc2cc(S(=O)(=O)N3CCOCC3)ccc2OC)nnc1-c1ccncc1. The lowest BCUT2D eigenvalue weighted by molar-refractivity contribution is -0.116. The van der Waals surface area contributed by atoms with Crippen molar-refractivity contribution in [3.63, 3.8) is 0 Å². The van der Waals surface area contributed by atoms with Gasteiger partial charge in [-0.3, -0.25) is 9.78 Å². The molecule has 0 atom stereocenters. The summed E-state index contributed by atoms with van der Waals surface area (Å²) in [6, 6.07) is 8.36. The van der Waals surface area contributed by atoms with E-state index in [-0.39, 0.29) is 22.9 Å². The highest BCUT2D eigenvalue weighted by Gasteiger charge is 2.27. The molecule has 1 aromatic carbocycles. The van der Waals surface area contributed by atoms with Crippen LogP contribution in [0.4, 0.5) is 0 Å². The maximum Gasteiger partial charge on any atom is 0.243 e. The number of carbonyl (C=O) groups is 1. The Morgan fingerprint density at radius 1 is 1.14 bits per heavy atom. The van der Waals surface area contributed by atoms with E-state index in [0.717, 1.165) is 5.56 Å². The molecule has 0 spiro atoms. The number of sulfonamides is 1. The van der Waals surface area contributed by atoms with Crippen molar-refractivity contribution < 1.29 is 22.7 Å². The Bertz CT molecular complexity index is 1270. The minimum atomic E-state index is -3.68. The molecule has 186 valence electrons. The number of morpholine rings is 1. The minimum absolute atomic E-state index is 0.0418. The van der Waals surface area contributed by atoms with Crippen LogP contribution in [0.25, 0.3) is 11.4 Å². The quantitative estimate of drug-likeness (QED) is 0.373. The fourth-order valence-electron chi connectivity index (χ4n) is 3.79. The van der Waals surface area contributed by atoms with Gasteiger partial charge in [-0.25, -0.2) is 8.42 Å². The number of ketones is 1. The monoisotopic (exact) mass is 517 g/mol. The Morgan fingerprint density at radius 2 is 1.89 bits per heavy atom. The molecule has 1 fully saturated rings. The lowest BCUT2D eigenvalue weighted by Gasteiger charge is -2.26. The zero-order valence-corrected chi connectivity index (χ0v) is 21.2. The molecule has 1 aliphatic heterocycles. The number of ether oxygens (including phenoxy) is 2. The summed E-state index contributed by atoms with van der Waals surface area (Å²) in [6.07, 6.45) is 3.43. The van der Waals surface area contributed by atoms with Gasteiger partial charge in [0.1, 0.15) is 11.5 Å². The van der Waals surface area contributed by atoms with Crippen LogP contribution in [0.2, 0.25) is 0 Å². The second-order valence-corrected chi connectivity index (χ2v) is 10.7. The normalized spacial score (nSPS) is 14.7. The van der Waals surface area contributed by atoms with Gasteiger partial charge in [0.2, 0.25) is 10.0 Å². The van der Waals surface area contributed by atoms with Gasteiger partial charge in [-0.05, 0) is 37.3 Å². The van der Waals surface area contributed by atoms with Crippen LogP contribution in [0.5, 0.6) is 5.75 Å². The zero-order chi connectivity index (χ0) is 24.8.